The van der Waals surface area contributed by atoms with Crippen LogP contribution >= 0.6 is 0 Å². The smallest absolute Gasteiger partial charge is 0.359 e. The molecule has 0 fully saturated rings. The lowest BCUT2D eigenvalue weighted by Gasteiger charge is -2.24. The largest absolute Gasteiger partial charge is 0.458 e. The number of ketones is 1. The Morgan fingerprint density at radius 1 is 1.06 bits per heavy atom. The van der Waals surface area contributed by atoms with Crippen LogP contribution in [0, 0.1) is 12.7 Å². The monoisotopic (exact) mass is 446 g/mol. The third kappa shape index (κ3) is 4.40. The van der Waals surface area contributed by atoms with Gasteiger partial charge in [0.05, 0.1) is 23.0 Å². The van der Waals surface area contributed by atoms with Gasteiger partial charge in [-0.25, -0.2) is 13.9 Å². The van der Waals surface area contributed by atoms with Gasteiger partial charge < -0.3 is 9.84 Å². The van der Waals surface area contributed by atoms with Crippen molar-refractivity contribution >= 4 is 11.8 Å². The van der Waals surface area contributed by atoms with Crippen LogP contribution in [0.5, 0.6) is 0 Å². The number of rotatable bonds is 5. The number of nitrogens with zero attached hydrogens (tertiary/aromatic N) is 2. The van der Waals surface area contributed by atoms with Crippen molar-refractivity contribution in [3.8, 4) is 16.9 Å². The van der Waals surface area contributed by atoms with E-state index >= 15 is 0 Å². The topological polar surface area (TPSA) is 81.4 Å². The summed E-state index contributed by atoms with van der Waals surface area (Å²) in [7, 11) is 0. The number of carbonyl (C=O) groups excluding carboxylic acids is 2. The molecule has 0 atom stereocenters. The molecule has 4 rings (SSSR count). The van der Waals surface area contributed by atoms with Crippen LogP contribution in [0.25, 0.3) is 16.9 Å². The summed E-state index contributed by atoms with van der Waals surface area (Å²) in [6.45, 7) is 5.37. The normalized spacial score (nSPS) is 14.7. The fourth-order valence-electron chi connectivity index (χ4n) is 3.65. The Kier molecular flexibility index (Phi) is 5.82. The van der Waals surface area contributed by atoms with E-state index in [4.69, 9.17) is 4.74 Å². The number of hydrogen-bond donors (Lipinski definition) is 1. The Balaban J connectivity index is 2.06. The highest BCUT2D eigenvalue weighted by molar-refractivity contribution is 6.01. The maximum absolute atomic E-state index is 13.7. The first-order valence-electron chi connectivity index (χ1n) is 10.5. The van der Waals surface area contributed by atoms with Gasteiger partial charge in [-0.2, -0.15) is 5.10 Å². The SMILES string of the molecule is Cc1ccc(-n2nc(C(=O)OC(C)C)c(C3(O)C=CC(=O)C=C3)c2-c2ccc(F)cc2)cc1. The molecule has 7 heteroatoms. The van der Waals surface area contributed by atoms with E-state index in [1.54, 1.807) is 26.0 Å². The lowest BCUT2D eigenvalue weighted by atomic mass is 9.86. The van der Waals surface area contributed by atoms with Crippen molar-refractivity contribution in [3.63, 3.8) is 0 Å². The summed E-state index contributed by atoms with van der Waals surface area (Å²) in [5, 5.41) is 16.1. The molecular weight excluding hydrogens is 423 g/mol. The fourth-order valence-corrected chi connectivity index (χ4v) is 3.65. The third-order valence-corrected chi connectivity index (χ3v) is 5.22. The average Bonchev–Trinajstić information content (AvgIpc) is 3.18. The molecule has 0 spiro atoms. The van der Waals surface area contributed by atoms with Gasteiger partial charge in [0.25, 0.3) is 0 Å². The second kappa shape index (κ2) is 8.60. The highest BCUT2D eigenvalue weighted by Gasteiger charge is 2.39. The van der Waals surface area contributed by atoms with Crippen LogP contribution in [0.2, 0.25) is 0 Å². The molecule has 33 heavy (non-hydrogen) atoms. The van der Waals surface area contributed by atoms with Crippen LogP contribution in [0.4, 0.5) is 4.39 Å². The number of aromatic nitrogens is 2. The Bertz CT molecular complexity index is 1250. The molecule has 0 radical (unpaired) electrons. The number of aryl methyl sites for hydroxylation is 1. The van der Waals surface area contributed by atoms with Gasteiger partial charge in [0.1, 0.15) is 11.4 Å². The van der Waals surface area contributed by atoms with E-state index in [1.165, 1.54) is 41.1 Å². The number of ether oxygens (including phenoxy) is 1. The maximum Gasteiger partial charge on any atom is 0.359 e. The lowest BCUT2D eigenvalue weighted by molar-refractivity contribution is -0.110. The summed E-state index contributed by atoms with van der Waals surface area (Å²) in [5.41, 5.74) is 0.787. The molecule has 0 aliphatic heterocycles. The van der Waals surface area contributed by atoms with Gasteiger partial charge in [-0.05, 0) is 81.5 Å². The van der Waals surface area contributed by atoms with Crippen molar-refractivity contribution in [1.29, 1.82) is 0 Å². The number of aliphatic hydroxyl groups is 1. The molecule has 1 aliphatic carbocycles. The molecule has 0 bridgehead atoms. The first kappa shape index (κ1) is 22.4. The van der Waals surface area contributed by atoms with E-state index in [2.05, 4.69) is 5.10 Å². The van der Waals surface area contributed by atoms with Crippen molar-refractivity contribution in [2.75, 3.05) is 0 Å². The molecule has 3 aromatic rings. The van der Waals surface area contributed by atoms with Crippen LogP contribution in [-0.4, -0.2) is 32.7 Å². The van der Waals surface area contributed by atoms with Crippen LogP contribution in [-0.2, 0) is 15.1 Å². The highest BCUT2D eigenvalue weighted by atomic mass is 19.1. The number of benzene rings is 2. The van der Waals surface area contributed by atoms with Crippen molar-refractivity contribution in [2.45, 2.75) is 32.5 Å². The number of carbonyl (C=O) groups is 2. The van der Waals surface area contributed by atoms with Gasteiger partial charge in [-0.15, -0.1) is 0 Å². The summed E-state index contributed by atoms with van der Waals surface area (Å²) in [5.74, 6) is -1.44. The summed E-state index contributed by atoms with van der Waals surface area (Å²) >= 11 is 0. The van der Waals surface area contributed by atoms with Gasteiger partial charge in [0, 0.05) is 5.56 Å². The predicted octanol–water partition coefficient (Wildman–Crippen LogP) is 4.43. The molecule has 0 amide bonds. The molecule has 0 saturated heterocycles. The summed E-state index contributed by atoms with van der Waals surface area (Å²) in [6.07, 6.45) is 4.67. The van der Waals surface area contributed by atoms with Gasteiger partial charge in [-0.1, -0.05) is 17.7 Å². The molecule has 168 valence electrons. The van der Waals surface area contributed by atoms with Gasteiger partial charge >= 0.3 is 5.97 Å². The highest BCUT2D eigenvalue weighted by Crippen LogP contribution is 2.39. The van der Waals surface area contributed by atoms with E-state index in [0.717, 1.165) is 5.56 Å². The van der Waals surface area contributed by atoms with Crippen LogP contribution < -0.4 is 0 Å². The molecular formula is C26H23FN2O4. The van der Waals surface area contributed by atoms with Crippen molar-refractivity contribution in [3.05, 3.63) is 95.5 Å². The maximum atomic E-state index is 13.7. The predicted molar refractivity (Wildman–Crippen MR) is 121 cm³/mol. The van der Waals surface area contributed by atoms with Crippen LogP contribution in [0.1, 0.15) is 35.5 Å². The number of esters is 1. The molecule has 1 heterocycles. The Hall–Kier alpha value is -3.84. The quantitative estimate of drug-likeness (QED) is 0.586. The molecule has 1 N–H and O–H groups in total. The lowest BCUT2D eigenvalue weighted by Crippen LogP contribution is -2.27. The molecule has 0 saturated carbocycles. The van der Waals surface area contributed by atoms with Gasteiger partial charge in [-0.3, -0.25) is 4.79 Å². The van der Waals surface area contributed by atoms with E-state index in [-0.39, 0.29) is 17.0 Å². The Labute approximate surface area is 190 Å². The van der Waals surface area contributed by atoms with Gasteiger partial charge in [0.15, 0.2) is 11.5 Å². The minimum atomic E-state index is -1.81. The number of allylic oxidation sites excluding steroid dienone is 2. The molecule has 1 aliphatic rings. The standard InChI is InChI=1S/C26H23FN2O4/c1-16(2)33-25(31)23-22(26(32)14-12-21(30)13-15-26)24(18-6-8-19(27)9-7-18)29(28-23)20-10-4-17(3)5-11-20/h4-16,32H,1-3H3. The number of hydrogen-bond acceptors (Lipinski definition) is 5. The first-order chi connectivity index (χ1) is 15.7. The minimum absolute atomic E-state index is 0.102. The average molecular weight is 446 g/mol. The second-order valence-corrected chi connectivity index (χ2v) is 8.17. The van der Waals surface area contributed by atoms with Crippen LogP contribution in [0.15, 0.2) is 72.8 Å². The van der Waals surface area contributed by atoms with Crippen LogP contribution in [0.3, 0.4) is 0 Å². The van der Waals surface area contributed by atoms with Gasteiger partial charge in [0.2, 0.25) is 0 Å². The molecule has 6 nitrogen and oxygen atoms in total. The van der Waals surface area contributed by atoms with Crippen molar-refractivity contribution < 1.29 is 23.8 Å². The molecule has 0 unspecified atom stereocenters. The summed E-state index contributed by atoms with van der Waals surface area (Å²) in [6, 6.07) is 13.1. The zero-order chi connectivity index (χ0) is 23.8. The third-order valence-electron chi connectivity index (χ3n) is 5.22. The Morgan fingerprint density at radius 3 is 2.24 bits per heavy atom. The zero-order valence-corrected chi connectivity index (χ0v) is 18.4. The van der Waals surface area contributed by atoms with Crippen molar-refractivity contribution in [2.24, 2.45) is 0 Å². The first-order valence-corrected chi connectivity index (χ1v) is 10.5. The molecule has 1 aromatic heterocycles. The zero-order valence-electron chi connectivity index (χ0n) is 18.4. The molecule has 2 aromatic carbocycles. The van der Waals surface area contributed by atoms with Crippen molar-refractivity contribution in [1.82, 2.24) is 9.78 Å². The van der Waals surface area contributed by atoms with E-state index in [0.29, 0.717) is 16.9 Å². The Morgan fingerprint density at radius 2 is 1.67 bits per heavy atom. The summed E-state index contributed by atoms with van der Waals surface area (Å²) in [4.78, 5) is 24.8. The second-order valence-electron chi connectivity index (χ2n) is 8.17. The summed E-state index contributed by atoms with van der Waals surface area (Å²) < 4.78 is 20.6. The van der Waals surface area contributed by atoms with E-state index < -0.39 is 23.5 Å². The fraction of sp³-hybridized carbons (Fsp3) is 0.192. The van der Waals surface area contributed by atoms with E-state index in [1.807, 2.05) is 31.2 Å². The number of halogens is 1. The van der Waals surface area contributed by atoms with E-state index in [9.17, 15) is 19.1 Å². The minimum Gasteiger partial charge on any atom is -0.458 e.